The van der Waals surface area contributed by atoms with Gasteiger partial charge in [-0.3, -0.25) is 4.79 Å². The monoisotopic (exact) mass is 550 g/mol. The van der Waals surface area contributed by atoms with Crippen molar-refractivity contribution in [1.82, 2.24) is 0 Å². The summed E-state index contributed by atoms with van der Waals surface area (Å²) in [5.74, 6) is 0.109. The van der Waals surface area contributed by atoms with E-state index in [1.165, 1.54) is 44.9 Å². The lowest BCUT2D eigenvalue weighted by molar-refractivity contribution is -0.322. The molecule has 0 radical (unpaired) electrons. The summed E-state index contributed by atoms with van der Waals surface area (Å²) in [5, 5.41) is 70.7. The molecule has 1 aliphatic heterocycles. The first-order valence-corrected chi connectivity index (χ1v) is 14.3. The fraction of sp³-hybridized carbons (Fsp3) is 0.963. The van der Waals surface area contributed by atoms with Crippen LogP contribution in [0.25, 0.3) is 0 Å². The van der Waals surface area contributed by atoms with Gasteiger partial charge in [0.1, 0.15) is 48.8 Å². The molecule has 1 saturated heterocycles. The van der Waals surface area contributed by atoms with E-state index in [1.807, 2.05) is 0 Å². The molecule has 7 N–H and O–H groups in total. The Bertz CT molecular complexity index is 663. The van der Waals surface area contributed by atoms with Gasteiger partial charge in [-0.05, 0) is 12.3 Å². The highest BCUT2D eigenvalue weighted by Crippen LogP contribution is 2.30. The molecule has 11 nitrogen and oxygen atoms in total. The van der Waals surface area contributed by atoms with Crippen LogP contribution in [0.5, 0.6) is 0 Å². The molecule has 0 bridgehead atoms. The number of esters is 1. The molecular formula is C27H50O11. The van der Waals surface area contributed by atoms with Crippen LogP contribution in [-0.4, -0.2) is 110 Å². The molecule has 0 aromatic rings. The average Bonchev–Trinajstić information content (AvgIpc) is 2.88. The minimum Gasteiger partial charge on any atom is -0.457 e. The normalized spacial score (nSPS) is 35.9. The Labute approximate surface area is 225 Å². The zero-order valence-electron chi connectivity index (χ0n) is 22.8. The average molecular weight is 551 g/mol. The zero-order valence-corrected chi connectivity index (χ0v) is 22.8. The summed E-state index contributed by atoms with van der Waals surface area (Å²) in [6, 6.07) is 0. The largest absolute Gasteiger partial charge is 0.457 e. The van der Waals surface area contributed by atoms with Crippen molar-refractivity contribution in [3.8, 4) is 0 Å². The van der Waals surface area contributed by atoms with Crippen molar-refractivity contribution in [2.24, 2.45) is 5.92 Å². The summed E-state index contributed by atoms with van der Waals surface area (Å²) in [7, 11) is 0. The van der Waals surface area contributed by atoms with Crippen LogP contribution in [0.3, 0.4) is 0 Å². The van der Waals surface area contributed by atoms with Crippen LogP contribution >= 0.6 is 0 Å². The van der Waals surface area contributed by atoms with Gasteiger partial charge in [-0.25, -0.2) is 0 Å². The van der Waals surface area contributed by atoms with Gasteiger partial charge in [-0.15, -0.1) is 0 Å². The smallest absolute Gasteiger partial charge is 0.306 e. The number of aliphatic hydroxyl groups excluding tert-OH is 7. The van der Waals surface area contributed by atoms with Crippen LogP contribution in [0, 0.1) is 5.92 Å². The highest BCUT2D eigenvalue weighted by atomic mass is 16.7. The van der Waals surface area contributed by atoms with Crippen LogP contribution in [0.2, 0.25) is 0 Å². The number of hydrogen-bond donors (Lipinski definition) is 7. The Morgan fingerprint density at radius 3 is 1.74 bits per heavy atom. The summed E-state index contributed by atoms with van der Waals surface area (Å²) in [6.45, 7) is 4.13. The van der Waals surface area contributed by atoms with Gasteiger partial charge in [0.2, 0.25) is 0 Å². The first-order valence-electron chi connectivity index (χ1n) is 14.3. The maximum absolute atomic E-state index is 12.5. The van der Waals surface area contributed by atoms with Crippen LogP contribution in [-0.2, 0) is 19.0 Å². The number of ether oxygens (including phenoxy) is 3. The second-order valence-corrected chi connectivity index (χ2v) is 11.2. The molecule has 10 atom stereocenters. The van der Waals surface area contributed by atoms with Gasteiger partial charge in [0.15, 0.2) is 12.4 Å². The Kier molecular flexibility index (Phi) is 14.9. The fourth-order valence-electron chi connectivity index (χ4n) is 4.98. The van der Waals surface area contributed by atoms with Crippen LogP contribution in [0.1, 0.15) is 90.9 Å². The highest BCUT2D eigenvalue weighted by Gasteiger charge is 2.53. The van der Waals surface area contributed by atoms with Gasteiger partial charge in [0, 0.05) is 6.42 Å². The van der Waals surface area contributed by atoms with Gasteiger partial charge < -0.3 is 50.0 Å². The summed E-state index contributed by atoms with van der Waals surface area (Å²) >= 11 is 0. The molecule has 1 aliphatic carbocycles. The van der Waals surface area contributed by atoms with Crippen molar-refractivity contribution in [3.05, 3.63) is 0 Å². The minimum absolute atomic E-state index is 0.0635. The van der Waals surface area contributed by atoms with E-state index >= 15 is 0 Å². The lowest BCUT2D eigenvalue weighted by Gasteiger charge is -2.45. The van der Waals surface area contributed by atoms with Crippen molar-refractivity contribution in [2.75, 3.05) is 6.61 Å². The van der Waals surface area contributed by atoms with Gasteiger partial charge in [-0.2, -0.15) is 0 Å². The molecule has 0 aromatic heterocycles. The van der Waals surface area contributed by atoms with E-state index in [0.717, 1.165) is 25.2 Å². The predicted molar refractivity (Wildman–Crippen MR) is 137 cm³/mol. The van der Waals surface area contributed by atoms with Gasteiger partial charge in [-0.1, -0.05) is 78.1 Å². The van der Waals surface area contributed by atoms with E-state index in [0.29, 0.717) is 6.42 Å². The second-order valence-electron chi connectivity index (χ2n) is 11.2. The molecule has 224 valence electrons. The summed E-state index contributed by atoms with van der Waals surface area (Å²) < 4.78 is 16.0. The molecule has 2 aliphatic rings. The maximum atomic E-state index is 12.5. The Morgan fingerprint density at radius 2 is 1.18 bits per heavy atom. The number of unbranched alkanes of at least 4 members (excludes halogenated alkanes) is 9. The standard InChI is InChI=1S/C27H50O11/c1-16(2)13-11-9-7-5-3-4-6-8-10-12-14-18(29)37-25-22(33)20(31)21(32)23(34)26(25)38-27-24(35)19(30)17(28)15-36-27/h16-17,19-28,30-35H,3-15H2,1-2H3/t17-,19+,20+,21-,22+,23-,24-,25-,26-,27+/m1/s1. The number of aliphatic hydroxyl groups is 7. The van der Waals surface area contributed by atoms with Gasteiger partial charge in [0.05, 0.1) is 6.61 Å². The molecule has 1 saturated carbocycles. The van der Waals surface area contributed by atoms with Crippen molar-refractivity contribution in [2.45, 2.75) is 152 Å². The predicted octanol–water partition coefficient (Wildman–Crippen LogP) is 0.517. The van der Waals surface area contributed by atoms with Crippen molar-refractivity contribution >= 4 is 5.97 Å². The third kappa shape index (κ3) is 10.3. The molecular weight excluding hydrogens is 500 g/mol. The number of carbonyl (C=O) groups is 1. The van der Waals surface area contributed by atoms with Crippen molar-refractivity contribution < 1.29 is 54.8 Å². The maximum Gasteiger partial charge on any atom is 0.306 e. The summed E-state index contributed by atoms with van der Waals surface area (Å²) in [5.41, 5.74) is 0. The third-order valence-corrected chi connectivity index (χ3v) is 7.47. The van der Waals surface area contributed by atoms with E-state index in [9.17, 15) is 40.5 Å². The first-order chi connectivity index (χ1) is 18.0. The van der Waals surface area contributed by atoms with Crippen molar-refractivity contribution in [3.63, 3.8) is 0 Å². The number of carbonyl (C=O) groups excluding carboxylic acids is 1. The lowest BCUT2D eigenvalue weighted by Crippen LogP contribution is -2.67. The van der Waals surface area contributed by atoms with Crippen LogP contribution < -0.4 is 0 Å². The van der Waals surface area contributed by atoms with Gasteiger partial charge in [0.25, 0.3) is 0 Å². The van der Waals surface area contributed by atoms with E-state index in [1.54, 1.807) is 0 Å². The van der Waals surface area contributed by atoms with Crippen LogP contribution in [0.4, 0.5) is 0 Å². The Morgan fingerprint density at radius 1 is 0.684 bits per heavy atom. The van der Waals surface area contributed by atoms with E-state index in [2.05, 4.69) is 13.8 Å². The molecule has 1 heterocycles. The fourth-order valence-corrected chi connectivity index (χ4v) is 4.98. The highest BCUT2D eigenvalue weighted by molar-refractivity contribution is 5.69. The number of rotatable bonds is 16. The SMILES string of the molecule is CC(C)CCCCCCCCCCCCC(=O)O[C@@H]1[C@@H](O)[C@@H](O)[C@@H](O)[C@@H](O)[C@H]1O[C@@H]1OC[C@@H](O)[C@H](O)[C@H]1O. The zero-order chi connectivity index (χ0) is 28.2. The molecule has 0 spiro atoms. The summed E-state index contributed by atoms with van der Waals surface area (Å²) in [4.78, 5) is 12.5. The third-order valence-electron chi connectivity index (χ3n) is 7.47. The summed E-state index contributed by atoms with van der Waals surface area (Å²) in [6.07, 6.45) is -4.11. The Hall–Kier alpha value is -0.890. The molecule has 0 aromatic carbocycles. The minimum atomic E-state index is -1.82. The molecule has 11 heteroatoms. The molecule has 0 unspecified atom stereocenters. The lowest BCUT2D eigenvalue weighted by atomic mass is 9.84. The quantitative estimate of drug-likeness (QED) is 0.105. The Balaban J connectivity index is 1.73. The molecule has 2 rings (SSSR count). The van der Waals surface area contributed by atoms with E-state index in [4.69, 9.17) is 14.2 Å². The number of hydrogen-bond acceptors (Lipinski definition) is 11. The topological polar surface area (TPSA) is 186 Å². The van der Waals surface area contributed by atoms with Crippen LogP contribution in [0.15, 0.2) is 0 Å². The van der Waals surface area contributed by atoms with E-state index < -0.39 is 67.2 Å². The molecule has 0 amide bonds. The van der Waals surface area contributed by atoms with E-state index in [-0.39, 0.29) is 13.0 Å². The molecule has 2 fully saturated rings. The molecule has 38 heavy (non-hydrogen) atoms. The van der Waals surface area contributed by atoms with Gasteiger partial charge >= 0.3 is 5.97 Å². The van der Waals surface area contributed by atoms with Crippen molar-refractivity contribution in [1.29, 1.82) is 0 Å². The second kappa shape index (κ2) is 17.0. The first kappa shape index (κ1) is 33.3.